The van der Waals surface area contributed by atoms with Crippen LogP contribution in [0.1, 0.15) is 46.1 Å². The molecule has 134 valence electrons. The predicted octanol–water partition coefficient (Wildman–Crippen LogP) is 4.95. The smallest absolute Gasteiger partial charge is 0.283 e. The molecule has 1 aliphatic carbocycles. The molecule has 6 nitrogen and oxygen atoms in total. The molecule has 0 radical (unpaired) electrons. The number of halogens is 1. The molecule has 1 aromatic carbocycles. The highest BCUT2D eigenvalue weighted by Gasteiger charge is 2.27. The van der Waals surface area contributed by atoms with Crippen LogP contribution >= 0.6 is 22.9 Å². The van der Waals surface area contributed by atoms with E-state index in [1.807, 2.05) is 0 Å². The quantitative estimate of drug-likeness (QED) is 0.591. The number of nitro benzene ring substituents is 1. The summed E-state index contributed by atoms with van der Waals surface area (Å²) in [4.78, 5) is 24.3. The third-order valence-electron chi connectivity index (χ3n) is 4.68. The number of carbonyl (C=O) groups excluding carboxylic acids is 1. The Balaban J connectivity index is 1.93. The van der Waals surface area contributed by atoms with Crippen molar-refractivity contribution in [2.24, 2.45) is 5.92 Å². The van der Waals surface area contributed by atoms with E-state index < -0.39 is 10.8 Å². The van der Waals surface area contributed by atoms with Crippen molar-refractivity contribution in [2.45, 2.75) is 32.6 Å². The average Bonchev–Trinajstić information content (AvgIpc) is 2.97. The largest absolute Gasteiger partial charge is 0.312 e. The molecule has 2 aromatic rings. The highest BCUT2D eigenvalue weighted by Crippen LogP contribution is 2.40. The maximum Gasteiger partial charge on any atom is 0.283 e. The normalized spacial score (nSPS) is 15.8. The molecular weight excluding hydrogens is 374 g/mol. The SMILES string of the molecule is CC[C@@H]1CCc2c(sc(NC(=O)c3ccc(Cl)cc3[N+](=O)[O-])c2C#N)C1. The zero-order valence-corrected chi connectivity index (χ0v) is 15.6. The van der Waals surface area contributed by atoms with Gasteiger partial charge in [-0.25, -0.2) is 0 Å². The van der Waals surface area contributed by atoms with Crippen LogP contribution in [0.5, 0.6) is 0 Å². The molecule has 0 bridgehead atoms. The number of anilines is 1. The van der Waals surface area contributed by atoms with E-state index in [9.17, 15) is 20.2 Å². The van der Waals surface area contributed by atoms with E-state index in [4.69, 9.17) is 11.6 Å². The van der Waals surface area contributed by atoms with Crippen molar-refractivity contribution in [3.8, 4) is 6.07 Å². The highest BCUT2D eigenvalue weighted by atomic mass is 35.5. The van der Waals surface area contributed by atoms with E-state index in [1.54, 1.807) is 0 Å². The molecule has 0 saturated heterocycles. The molecule has 3 rings (SSSR count). The van der Waals surface area contributed by atoms with Crippen molar-refractivity contribution in [2.75, 3.05) is 5.32 Å². The highest BCUT2D eigenvalue weighted by molar-refractivity contribution is 7.16. The second-order valence-corrected chi connectivity index (χ2v) is 7.75. The van der Waals surface area contributed by atoms with Gasteiger partial charge in [0.1, 0.15) is 16.6 Å². The molecule has 26 heavy (non-hydrogen) atoms. The van der Waals surface area contributed by atoms with Crippen LogP contribution < -0.4 is 5.32 Å². The summed E-state index contributed by atoms with van der Waals surface area (Å²) in [6, 6.07) is 6.08. The number of thiophene rings is 1. The molecule has 0 spiro atoms. The van der Waals surface area contributed by atoms with Crippen LogP contribution in [0.3, 0.4) is 0 Å². The lowest BCUT2D eigenvalue weighted by molar-refractivity contribution is -0.385. The molecule has 1 amide bonds. The van der Waals surface area contributed by atoms with Crippen LogP contribution in [0.15, 0.2) is 18.2 Å². The first-order valence-electron chi connectivity index (χ1n) is 8.24. The van der Waals surface area contributed by atoms with Crippen LogP contribution in [-0.4, -0.2) is 10.8 Å². The molecule has 1 aromatic heterocycles. The molecule has 0 fully saturated rings. The molecule has 0 unspecified atom stereocenters. The fourth-order valence-electron chi connectivity index (χ4n) is 3.23. The van der Waals surface area contributed by atoms with Gasteiger partial charge in [0.2, 0.25) is 0 Å². The fourth-order valence-corrected chi connectivity index (χ4v) is 4.70. The maximum atomic E-state index is 12.6. The van der Waals surface area contributed by atoms with Crippen molar-refractivity contribution in [1.82, 2.24) is 0 Å². The lowest BCUT2D eigenvalue weighted by Crippen LogP contribution is -2.14. The van der Waals surface area contributed by atoms with Gasteiger partial charge in [-0.1, -0.05) is 24.9 Å². The summed E-state index contributed by atoms with van der Waals surface area (Å²) < 4.78 is 0. The average molecular weight is 390 g/mol. The van der Waals surface area contributed by atoms with Crippen LogP contribution in [0.25, 0.3) is 0 Å². The van der Waals surface area contributed by atoms with E-state index in [-0.39, 0.29) is 16.3 Å². The molecule has 1 aliphatic rings. The van der Waals surface area contributed by atoms with Gasteiger partial charge in [-0.15, -0.1) is 11.3 Å². The van der Waals surface area contributed by atoms with Crippen LogP contribution in [0.4, 0.5) is 10.7 Å². The molecular formula is C18H16ClN3O3S. The molecule has 0 saturated carbocycles. The van der Waals surface area contributed by atoms with Gasteiger partial charge in [-0.3, -0.25) is 14.9 Å². The number of nitrogens with one attached hydrogen (secondary N) is 1. The number of amides is 1. The number of fused-ring (bicyclic) bond motifs is 1. The monoisotopic (exact) mass is 389 g/mol. The number of nitriles is 1. The topological polar surface area (TPSA) is 96.0 Å². The van der Waals surface area contributed by atoms with Gasteiger partial charge in [0.05, 0.1) is 10.5 Å². The van der Waals surface area contributed by atoms with Crippen molar-refractivity contribution in [3.05, 3.63) is 54.9 Å². The summed E-state index contributed by atoms with van der Waals surface area (Å²) >= 11 is 7.19. The predicted molar refractivity (Wildman–Crippen MR) is 101 cm³/mol. The summed E-state index contributed by atoms with van der Waals surface area (Å²) in [5.74, 6) is -0.0240. The Kier molecular flexibility index (Phi) is 5.25. The van der Waals surface area contributed by atoms with Crippen LogP contribution in [0, 0.1) is 27.4 Å². The van der Waals surface area contributed by atoms with Crippen LogP contribution in [-0.2, 0) is 12.8 Å². The molecule has 0 aliphatic heterocycles. The second kappa shape index (κ2) is 7.44. The Morgan fingerprint density at radius 2 is 2.31 bits per heavy atom. The van der Waals surface area contributed by atoms with E-state index >= 15 is 0 Å². The van der Waals surface area contributed by atoms with Crippen molar-refractivity contribution in [1.29, 1.82) is 5.26 Å². The van der Waals surface area contributed by atoms with E-state index in [0.29, 0.717) is 16.5 Å². The van der Waals surface area contributed by atoms with Gasteiger partial charge in [0, 0.05) is 16.0 Å². The van der Waals surface area contributed by atoms with Crippen molar-refractivity contribution in [3.63, 3.8) is 0 Å². The third-order valence-corrected chi connectivity index (χ3v) is 6.09. The lowest BCUT2D eigenvalue weighted by Gasteiger charge is -2.20. The van der Waals surface area contributed by atoms with Gasteiger partial charge in [0.25, 0.3) is 11.6 Å². The molecule has 8 heteroatoms. The summed E-state index contributed by atoms with van der Waals surface area (Å²) in [5, 5.41) is 24.1. The van der Waals surface area contributed by atoms with Crippen molar-refractivity contribution >= 4 is 39.5 Å². The Morgan fingerprint density at radius 1 is 1.54 bits per heavy atom. The minimum atomic E-state index is -0.642. The summed E-state index contributed by atoms with van der Waals surface area (Å²) in [6.07, 6.45) is 3.84. The Morgan fingerprint density at radius 3 is 2.96 bits per heavy atom. The number of nitro groups is 1. The van der Waals surface area contributed by atoms with E-state index in [0.717, 1.165) is 42.2 Å². The molecule has 1 N–H and O–H groups in total. The number of nitrogens with zero attached hydrogens (tertiary/aromatic N) is 2. The number of hydrogen-bond acceptors (Lipinski definition) is 5. The number of hydrogen-bond donors (Lipinski definition) is 1. The van der Waals surface area contributed by atoms with Gasteiger partial charge in [-0.05, 0) is 42.9 Å². The van der Waals surface area contributed by atoms with Crippen LogP contribution in [0.2, 0.25) is 5.02 Å². The van der Waals surface area contributed by atoms with E-state index in [2.05, 4.69) is 18.3 Å². The fraction of sp³-hybridized carbons (Fsp3) is 0.333. The number of carbonyl (C=O) groups is 1. The van der Waals surface area contributed by atoms with E-state index in [1.165, 1.54) is 23.5 Å². The first-order valence-corrected chi connectivity index (χ1v) is 9.44. The van der Waals surface area contributed by atoms with Gasteiger partial charge in [-0.2, -0.15) is 5.26 Å². The standard InChI is InChI=1S/C18H16ClN3O3S/c1-2-10-3-5-12-14(9-20)18(26-16(12)7-10)21-17(23)13-6-4-11(19)8-15(13)22(24)25/h4,6,8,10H,2-3,5,7H2,1H3,(H,21,23)/t10-/m1/s1. The number of rotatable bonds is 4. The second-order valence-electron chi connectivity index (χ2n) is 6.21. The van der Waals surface area contributed by atoms with Gasteiger partial charge in [0.15, 0.2) is 0 Å². The summed E-state index contributed by atoms with van der Waals surface area (Å²) in [7, 11) is 0. The minimum Gasteiger partial charge on any atom is -0.312 e. The first kappa shape index (κ1) is 18.4. The molecule has 1 atom stereocenters. The lowest BCUT2D eigenvalue weighted by atomic mass is 9.86. The van der Waals surface area contributed by atoms with Gasteiger partial charge >= 0.3 is 0 Å². The first-order chi connectivity index (χ1) is 12.4. The summed E-state index contributed by atoms with van der Waals surface area (Å²) in [6.45, 7) is 2.15. The Bertz CT molecular complexity index is 932. The maximum absolute atomic E-state index is 12.6. The third kappa shape index (κ3) is 3.43. The molecule has 1 heterocycles. The Labute approximate surface area is 159 Å². The minimum absolute atomic E-state index is 0.0823. The van der Waals surface area contributed by atoms with Crippen molar-refractivity contribution < 1.29 is 9.72 Å². The zero-order chi connectivity index (χ0) is 18.8. The summed E-state index contributed by atoms with van der Waals surface area (Å²) in [5.41, 5.74) is 1.04. The van der Waals surface area contributed by atoms with Gasteiger partial charge < -0.3 is 5.32 Å². The zero-order valence-electron chi connectivity index (χ0n) is 14.0. The Hall–Kier alpha value is -2.43. The number of benzene rings is 1.